The molecule has 0 spiro atoms. The predicted octanol–water partition coefficient (Wildman–Crippen LogP) is 4.23. The van der Waals surface area contributed by atoms with Gasteiger partial charge in [-0.05, 0) is 45.3 Å². The van der Waals surface area contributed by atoms with Gasteiger partial charge >= 0.3 is 0 Å². The Hall–Kier alpha value is -1.92. The number of amides is 1. The molecule has 0 radical (unpaired) electrons. The molecule has 1 saturated heterocycles. The van der Waals surface area contributed by atoms with Gasteiger partial charge in [0.2, 0.25) is 0 Å². The average molecular weight is 387 g/mol. The summed E-state index contributed by atoms with van der Waals surface area (Å²) in [6, 6.07) is 10.8. The molecular weight excluding hydrogens is 356 g/mol. The van der Waals surface area contributed by atoms with E-state index in [-0.39, 0.29) is 11.9 Å². The number of nitrogens with zero attached hydrogens (tertiary/aromatic N) is 2. The number of carbonyl (C=O) groups excluding carboxylic acids is 1. The van der Waals surface area contributed by atoms with Crippen LogP contribution in [0, 0.1) is 6.92 Å². The van der Waals surface area contributed by atoms with Gasteiger partial charge in [-0.15, -0.1) is 0 Å². The van der Waals surface area contributed by atoms with Crippen molar-refractivity contribution in [2.24, 2.45) is 0 Å². The van der Waals surface area contributed by atoms with E-state index in [0.29, 0.717) is 11.4 Å². The number of likely N-dealkylation sites (tertiary alicyclic amines) is 1. The fourth-order valence-electron chi connectivity index (χ4n) is 3.64. The highest BCUT2D eigenvalue weighted by molar-refractivity contribution is 7.17. The van der Waals surface area contributed by atoms with E-state index in [4.69, 9.17) is 0 Å². The Kier molecular flexibility index (Phi) is 7.24. The van der Waals surface area contributed by atoms with Crippen LogP contribution in [0.3, 0.4) is 0 Å². The first-order valence-corrected chi connectivity index (χ1v) is 10.8. The summed E-state index contributed by atoms with van der Waals surface area (Å²) < 4.78 is 0. The van der Waals surface area contributed by atoms with Crippen LogP contribution in [0.15, 0.2) is 30.3 Å². The standard InChI is InChI=1S/C21H30N4OS/c1-3-22-21-24-16(2)19(27-21)20(26)23-15-18(17-11-7-6-8-12-17)25-13-9-4-5-10-14-25/h6-8,11-12,18H,3-5,9-10,13-15H2,1-2H3,(H,22,24)(H,23,26). The first kappa shape index (κ1) is 19.8. The van der Waals surface area contributed by atoms with Crippen molar-refractivity contribution in [1.82, 2.24) is 15.2 Å². The Bertz CT molecular complexity index is 723. The zero-order chi connectivity index (χ0) is 19.1. The lowest BCUT2D eigenvalue weighted by Crippen LogP contribution is -2.38. The van der Waals surface area contributed by atoms with Crippen LogP contribution in [0.5, 0.6) is 0 Å². The minimum absolute atomic E-state index is 0.0232. The van der Waals surface area contributed by atoms with E-state index in [0.717, 1.165) is 30.5 Å². The van der Waals surface area contributed by atoms with Crippen molar-refractivity contribution in [2.75, 3.05) is 31.5 Å². The summed E-state index contributed by atoms with van der Waals surface area (Å²) in [6.07, 6.45) is 5.07. The summed E-state index contributed by atoms with van der Waals surface area (Å²) in [6.45, 7) is 7.55. The Balaban J connectivity index is 1.71. The fourth-order valence-corrected chi connectivity index (χ4v) is 4.59. The molecule has 146 valence electrons. The Morgan fingerprint density at radius 3 is 2.56 bits per heavy atom. The average Bonchev–Trinajstić information content (AvgIpc) is 2.87. The molecule has 1 aromatic heterocycles. The highest BCUT2D eigenvalue weighted by Crippen LogP contribution is 2.25. The van der Waals surface area contributed by atoms with Crippen molar-refractivity contribution in [1.29, 1.82) is 0 Å². The zero-order valence-corrected chi connectivity index (χ0v) is 17.1. The lowest BCUT2D eigenvalue weighted by atomic mass is 10.0. The molecule has 27 heavy (non-hydrogen) atoms. The summed E-state index contributed by atoms with van der Waals surface area (Å²) in [7, 11) is 0. The van der Waals surface area contributed by atoms with Crippen LogP contribution in [0.2, 0.25) is 0 Å². The second kappa shape index (κ2) is 9.85. The van der Waals surface area contributed by atoms with Gasteiger partial charge < -0.3 is 10.6 Å². The SMILES string of the molecule is CCNc1nc(C)c(C(=O)NCC(c2ccccc2)N2CCCCCC2)s1. The highest BCUT2D eigenvalue weighted by Gasteiger charge is 2.23. The molecule has 1 aliphatic heterocycles. The molecule has 1 atom stereocenters. The predicted molar refractivity (Wildman–Crippen MR) is 113 cm³/mol. The number of thiazole rings is 1. The van der Waals surface area contributed by atoms with Gasteiger partial charge in [0.15, 0.2) is 5.13 Å². The van der Waals surface area contributed by atoms with Crippen LogP contribution < -0.4 is 10.6 Å². The van der Waals surface area contributed by atoms with E-state index in [9.17, 15) is 4.79 Å². The summed E-state index contributed by atoms with van der Waals surface area (Å²) in [4.78, 5) is 20.5. The van der Waals surface area contributed by atoms with Gasteiger partial charge in [-0.2, -0.15) is 0 Å². The molecule has 0 aliphatic carbocycles. The zero-order valence-electron chi connectivity index (χ0n) is 16.3. The van der Waals surface area contributed by atoms with Crippen molar-refractivity contribution < 1.29 is 4.79 Å². The molecule has 2 heterocycles. The highest BCUT2D eigenvalue weighted by atomic mass is 32.1. The number of aromatic nitrogens is 1. The second-order valence-corrected chi connectivity index (χ2v) is 8.05. The van der Waals surface area contributed by atoms with Gasteiger partial charge in [0.1, 0.15) is 4.88 Å². The number of benzene rings is 1. The van der Waals surface area contributed by atoms with Gasteiger partial charge in [0, 0.05) is 13.1 Å². The number of aryl methyl sites for hydroxylation is 1. The van der Waals surface area contributed by atoms with Crippen LogP contribution in [0.1, 0.15) is 59.6 Å². The van der Waals surface area contributed by atoms with Gasteiger partial charge in [-0.3, -0.25) is 9.69 Å². The molecular formula is C21H30N4OS. The molecule has 2 N–H and O–H groups in total. The lowest BCUT2D eigenvalue weighted by molar-refractivity contribution is 0.0936. The Labute approximate surface area is 166 Å². The van der Waals surface area contributed by atoms with E-state index < -0.39 is 0 Å². The van der Waals surface area contributed by atoms with Crippen molar-refractivity contribution in [3.05, 3.63) is 46.5 Å². The van der Waals surface area contributed by atoms with Gasteiger partial charge in [0.05, 0.1) is 11.7 Å². The quantitative estimate of drug-likeness (QED) is 0.748. The van der Waals surface area contributed by atoms with E-state index in [1.807, 2.05) is 19.9 Å². The van der Waals surface area contributed by atoms with Crippen LogP contribution in [-0.2, 0) is 0 Å². The molecule has 3 rings (SSSR count). The lowest BCUT2D eigenvalue weighted by Gasteiger charge is -2.31. The maximum atomic E-state index is 12.8. The van der Waals surface area contributed by atoms with Crippen molar-refractivity contribution in [3.63, 3.8) is 0 Å². The molecule has 1 amide bonds. The fraction of sp³-hybridized carbons (Fsp3) is 0.524. The number of carbonyl (C=O) groups is 1. The van der Waals surface area contributed by atoms with Crippen molar-refractivity contribution in [3.8, 4) is 0 Å². The molecule has 1 fully saturated rings. The normalized spacial score (nSPS) is 16.5. The third-order valence-electron chi connectivity index (χ3n) is 5.05. The Morgan fingerprint density at radius 1 is 1.19 bits per heavy atom. The molecule has 0 bridgehead atoms. The third-order valence-corrected chi connectivity index (χ3v) is 6.17. The second-order valence-electron chi connectivity index (χ2n) is 7.05. The minimum atomic E-state index is -0.0232. The summed E-state index contributed by atoms with van der Waals surface area (Å²) in [5.41, 5.74) is 2.06. The van der Waals surface area contributed by atoms with E-state index in [2.05, 4.69) is 44.8 Å². The molecule has 1 aromatic carbocycles. The number of hydrogen-bond acceptors (Lipinski definition) is 5. The van der Waals surface area contributed by atoms with E-state index >= 15 is 0 Å². The summed E-state index contributed by atoms with van der Waals surface area (Å²) in [5, 5.41) is 7.18. The number of anilines is 1. The maximum Gasteiger partial charge on any atom is 0.263 e. The third kappa shape index (κ3) is 5.30. The van der Waals surface area contributed by atoms with Crippen molar-refractivity contribution >= 4 is 22.4 Å². The van der Waals surface area contributed by atoms with Gasteiger partial charge in [0.25, 0.3) is 5.91 Å². The Morgan fingerprint density at radius 2 is 1.89 bits per heavy atom. The first-order chi connectivity index (χ1) is 13.2. The van der Waals surface area contributed by atoms with Gasteiger partial charge in [-0.25, -0.2) is 4.98 Å². The van der Waals surface area contributed by atoms with Crippen molar-refractivity contribution in [2.45, 2.75) is 45.6 Å². The largest absolute Gasteiger partial charge is 0.362 e. The summed E-state index contributed by atoms with van der Waals surface area (Å²) in [5.74, 6) is -0.0232. The number of nitrogens with one attached hydrogen (secondary N) is 2. The van der Waals surface area contributed by atoms with Gasteiger partial charge in [-0.1, -0.05) is 54.5 Å². The molecule has 1 aliphatic rings. The first-order valence-electron chi connectivity index (χ1n) is 9.97. The smallest absolute Gasteiger partial charge is 0.263 e. The number of hydrogen-bond donors (Lipinski definition) is 2. The molecule has 0 saturated carbocycles. The molecule has 1 unspecified atom stereocenters. The molecule has 6 heteroatoms. The van der Waals surface area contributed by atoms with E-state index in [1.54, 1.807) is 0 Å². The molecule has 5 nitrogen and oxygen atoms in total. The van der Waals surface area contributed by atoms with Crippen LogP contribution in [-0.4, -0.2) is 42.0 Å². The summed E-state index contributed by atoms with van der Waals surface area (Å²) >= 11 is 1.43. The number of rotatable bonds is 7. The maximum absolute atomic E-state index is 12.8. The minimum Gasteiger partial charge on any atom is -0.362 e. The van der Waals surface area contributed by atoms with Crippen LogP contribution in [0.25, 0.3) is 0 Å². The van der Waals surface area contributed by atoms with Crippen LogP contribution in [0.4, 0.5) is 5.13 Å². The van der Waals surface area contributed by atoms with Crippen LogP contribution >= 0.6 is 11.3 Å². The molecule has 2 aromatic rings. The van der Waals surface area contributed by atoms with E-state index in [1.165, 1.54) is 42.6 Å². The monoisotopic (exact) mass is 386 g/mol. The topological polar surface area (TPSA) is 57.3 Å².